The number of nitrogens with zero attached hydrogens (tertiary/aromatic N) is 5. The molecule has 10 nitrogen and oxygen atoms in total. The highest BCUT2D eigenvalue weighted by Crippen LogP contribution is 2.34. The lowest BCUT2D eigenvalue weighted by Gasteiger charge is -2.30. The van der Waals surface area contributed by atoms with Gasteiger partial charge in [0.2, 0.25) is 5.78 Å². The Labute approximate surface area is 223 Å². The van der Waals surface area contributed by atoms with Gasteiger partial charge in [-0.1, -0.05) is 25.4 Å². The molecule has 39 heavy (non-hydrogen) atoms. The van der Waals surface area contributed by atoms with Crippen molar-refractivity contribution in [1.29, 1.82) is 0 Å². The molecule has 3 heterocycles. The normalized spacial score (nSPS) is 14.3. The third kappa shape index (κ3) is 5.66. The van der Waals surface area contributed by atoms with Gasteiger partial charge in [0, 0.05) is 18.7 Å². The number of anilines is 1. The molecule has 1 aromatic carbocycles. The molecule has 0 saturated heterocycles. The molecule has 15 heteroatoms. The molecule has 3 aromatic rings. The van der Waals surface area contributed by atoms with Crippen LogP contribution >= 0.6 is 11.6 Å². The van der Waals surface area contributed by atoms with Gasteiger partial charge in [-0.3, -0.25) is 14.4 Å². The molecule has 1 aliphatic rings. The zero-order chi connectivity index (χ0) is 28.6. The summed E-state index contributed by atoms with van der Waals surface area (Å²) in [5.74, 6) is -2.61. The number of halogens is 5. The molecule has 4 rings (SSSR count). The van der Waals surface area contributed by atoms with E-state index in [0.717, 1.165) is 23.0 Å². The van der Waals surface area contributed by atoms with E-state index in [2.05, 4.69) is 10.1 Å². The van der Waals surface area contributed by atoms with E-state index >= 15 is 0 Å². The van der Waals surface area contributed by atoms with E-state index in [1.165, 1.54) is 10.8 Å². The first-order chi connectivity index (χ1) is 18.3. The topological polar surface area (TPSA) is 125 Å². The molecule has 1 aliphatic heterocycles. The highest BCUT2D eigenvalue weighted by Gasteiger charge is 2.37. The minimum absolute atomic E-state index is 0.0614. The van der Waals surface area contributed by atoms with E-state index in [4.69, 9.17) is 22.1 Å². The van der Waals surface area contributed by atoms with Crippen molar-refractivity contribution in [3.8, 4) is 0 Å². The van der Waals surface area contributed by atoms with E-state index < -0.39 is 53.2 Å². The van der Waals surface area contributed by atoms with Crippen LogP contribution in [-0.4, -0.2) is 43.7 Å². The van der Waals surface area contributed by atoms with Crippen molar-refractivity contribution in [3.05, 3.63) is 74.4 Å². The van der Waals surface area contributed by atoms with E-state index in [-0.39, 0.29) is 48.0 Å². The van der Waals surface area contributed by atoms with Crippen LogP contribution in [0.5, 0.6) is 0 Å². The van der Waals surface area contributed by atoms with E-state index in [0.29, 0.717) is 5.82 Å². The van der Waals surface area contributed by atoms with Crippen LogP contribution in [0, 0.1) is 11.7 Å². The van der Waals surface area contributed by atoms with Crippen LogP contribution in [0.25, 0.3) is 0 Å². The maximum absolute atomic E-state index is 13.5. The van der Waals surface area contributed by atoms with Crippen molar-refractivity contribution in [3.63, 3.8) is 0 Å². The summed E-state index contributed by atoms with van der Waals surface area (Å²) >= 11 is 6.30. The number of hydrogen-bond acceptors (Lipinski definition) is 8. The van der Waals surface area contributed by atoms with Gasteiger partial charge in [0.05, 0.1) is 30.2 Å². The number of carbonyl (C=O) groups excluding carboxylic acids is 2. The van der Waals surface area contributed by atoms with Gasteiger partial charge in [-0.05, 0) is 24.1 Å². The average Bonchev–Trinajstić information content (AvgIpc) is 3.31. The first-order valence-corrected chi connectivity index (χ1v) is 12.1. The number of ether oxygens (including phenoxy) is 1. The fourth-order valence-electron chi connectivity index (χ4n) is 4.00. The maximum Gasteiger partial charge on any atom is 0.417 e. The summed E-state index contributed by atoms with van der Waals surface area (Å²) < 4.78 is 61.2. The number of imidazole rings is 1. The quantitative estimate of drug-likeness (QED) is 0.261. The van der Waals surface area contributed by atoms with E-state index in [1.807, 2.05) is 0 Å². The maximum atomic E-state index is 13.5. The SMILES string of the molecule is CC(C)C(N)C(=O)OCn1ncc(N2CCn3c(C(=O)c4ccc(F)cc4C(F)(F)F)cnc3C2)c(Cl)c1=O. The van der Waals surface area contributed by atoms with Crippen molar-refractivity contribution in [2.75, 3.05) is 11.4 Å². The van der Waals surface area contributed by atoms with Gasteiger partial charge in [-0.15, -0.1) is 0 Å². The predicted octanol–water partition coefficient (Wildman–Crippen LogP) is 2.99. The molecule has 0 amide bonds. The number of nitrogens with two attached hydrogens (primary N) is 1. The summed E-state index contributed by atoms with van der Waals surface area (Å²) in [5, 5.41) is 3.80. The summed E-state index contributed by atoms with van der Waals surface area (Å²) in [4.78, 5) is 43.5. The van der Waals surface area contributed by atoms with Gasteiger partial charge in [0.1, 0.15) is 28.4 Å². The molecule has 0 aliphatic carbocycles. The minimum atomic E-state index is -4.93. The average molecular weight is 571 g/mol. The Hall–Kier alpha value is -3.78. The Morgan fingerprint density at radius 3 is 2.59 bits per heavy atom. The number of esters is 1. The van der Waals surface area contributed by atoms with E-state index in [1.54, 1.807) is 18.7 Å². The standard InChI is InChI=1S/C24H23ClF4N6O4/c1-12(2)20(30)23(38)39-11-35-22(37)19(25)16(9-32-35)33-5-6-34-17(8-31-18(34)10-33)21(36)14-4-3-13(26)7-15(14)24(27,28)29/h3-4,7-9,12,20H,5-6,10-11,30H2,1-2H3. The highest BCUT2D eigenvalue weighted by atomic mass is 35.5. The number of carbonyl (C=O) groups is 2. The molecular formula is C24H23ClF4N6O4. The van der Waals surface area contributed by atoms with Crippen LogP contribution in [0.3, 0.4) is 0 Å². The number of fused-ring (bicyclic) bond motifs is 1. The number of hydrogen-bond donors (Lipinski definition) is 1. The molecule has 1 atom stereocenters. The van der Waals surface area contributed by atoms with Crippen LogP contribution in [0.1, 0.15) is 41.3 Å². The third-order valence-corrected chi connectivity index (χ3v) is 6.61. The fourth-order valence-corrected chi connectivity index (χ4v) is 4.26. The van der Waals surface area contributed by atoms with Crippen LogP contribution in [-0.2, 0) is 35.5 Å². The second-order valence-electron chi connectivity index (χ2n) is 9.16. The van der Waals surface area contributed by atoms with Gasteiger partial charge in [0.15, 0.2) is 6.73 Å². The molecule has 2 aromatic heterocycles. The number of ketones is 1. The van der Waals surface area contributed by atoms with Gasteiger partial charge >= 0.3 is 12.1 Å². The van der Waals surface area contributed by atoms with Crippen LogP contribution in [0.4, 0.5) is 23.2 Å². The lowest BCUT2D eigenvalue weighted by molar-refractivity contribution is -0.150. The van der Waals surface area contributed by atoms with Crippen LogP contribution < -0.4 is 16.2 Å². The molecule has 2 N–H and O–H groups in total. The number of alkyl halides is 3. The second kappa shape index (κ2) is 10.8. The minimum Gasteiger partial charge on any atom is -0.441 e. The van der Waals surface area contributed by atoms with Gasteiger partial charge in [-0.2, -0.15) is 23.0 Å². The number of aromatic nitrogens is 4. The van der Waals surface area contributed by atoms with Crippen LogP contribution in [0.2, 0.25) is 5.02 Å². The second-order valence-corrected chi connectivity index (χ2v) is 9.54. The molecule has 0 fully saturated rings. The summed E-state index contributed by atoms with van der Waals surface area (Å²) in [6.07, 6.45) is -2.48. The number of benzene rings is 1. The van der Waals surface area contributed by atoms with Crippen molar-refractivity contribution in [2.45, 2.75) is 45.9 Å². The van der Waals surface area contributed by atoms with Gasteiger partial charge < -0.3 is 19.9 Å². The monoisotopic (exact) mass is 570 g/mol. The lowest BCUT2D eigenvalue weighted by atomic mass is 10.0. The highest BCUT2D eigenvalue weighted by molar-refractivity contribution is 6.33. The summed E-state index contributed by atoms with van der Waals surface area (Å²) in [7, 11) is 0. The van der Waals surface area contributed by atoms with Crippen molar-refractivity contribution in [2.24, 2.45) is 11.7 Å². The summed E-state index contributed by atoms with van der Waals surface area (Å²) in [6.45, 7) is 3.40. The summed E-state index contributed by atoms with van der Waals surface area (Å²) in [5.41, 5.74) is 3.09. The van der Waals surface area contributed by atoms with Crippen molar-refractivity contribution in [1.82, 2.24) is 19.3 Å². The Kier molecular flexibility index (Phi) is 7.80. The van der Waals surface area contributed by atoms with Crippen molar-refractivity contribution < 1.29 is 31.9 Å². The Bertz CT molecular complexity index is 1490. The third-order valence-electron chi connectivity index (χ3n) is 6.25. The fraction of sp³-hybridized carbons (Fsp3) is 0.375. The predicted molar refractivity (Wildman–Crippen MR) is 131 cm³/mol. The molecule has 0 spiro atoms. The number of rotatable bonds is 7. The molecule has 208 valence electrons. The van der Waals surface area contributed by atoms with Crippen molar-refractivity contribution >= 4 is 29.0 Å². The molecule has 1 unspecified atom stereocenters. The molecule has 0 bridgehead atoms. The van der Waals surface area contributed by atoms with Gasteiger partial charge in [0.25, 0.3) is 5.56 Å². The van der Waals surface area contributed by atoms with Crippen LogP contribution in [0.15, 0.2) is 35.4 Å². The van der Waals surface area contributed by atoms with Gasteiger partial charge in [-0.25, -0.2) is 9.37 Å². The Morgan fingerprint density at radius 1 is 1.21 bits per heavy atom. The zero-order valence-electron chi connectivity index (χ0n) is 20.7. The first-order valence-electron chi connectivity index (χ1n) is 11.7. The molecule has 0 radical (unpaired) electrons. The smallest absolute Gasteiger partial charge is 0.417 e. The first kappa shape index (κ1) is 28.2. The largest absolute Gasteiger partial charge is 0.441 e. The van der Waals surface area contributed by atoms with E-state index in [9.17, 15) is 31.9 Å². The zero-order valence-corrected chi connectivity index (χ0v) is 21.5. The summed E-state index contributed by atoms with van der Waals surface area (Å²) in [6, 6.07) is 0.991. The molecular weight excluding hydrogens is 548 g/mol. The molecule has 0 saturated carbocycles. The Balaban J connectivity index is 1.54. The Morgan fingerprint density at radius 2 is 1.92 bits per heavy atom. The lowest BCUT2D eigenvalue weighted by Crippen LogP contribution is -2.39.